The van der Waals surface area contributed by atoms with Crippen LogP contribution in [0.5, 0.6) is 0 Å². The first-order valence-corrected chi connectivity index (χ1v) is 9.47. The Morgan fingerprint density at radius 2 is 2.00 bits per heavy atom. The van der Waals surface area contributed by atoms with E-state index in [0.29, 0.717) is 22.2 Å². The van der Waals surface area contributed by atoms with Gasteiger partial charge in [-0.3, -0.25) is 9.89 Å². The summed E-state index contributed by atoms with van der Waals surface area (Å²) in [7, 11) is 0. The number of anilines is 1. The van der Waals surface area contributed by atoms with Gasteiger partial charge in [0, 0.05) is 5.56 Å². The van der Waals surface area contributed by atoms with Crippen molar-refractivity contribution in [1.82, 2.24) is 15.2 Å². The van der Waals surface area contributed by atoms with Gasteiger partial charge in [0.1, 0.15) is 6.07 Å². The van der Waals surface area contributed by atoms with Crippen LogP contribution in [0.1, 0.15) is 25.0 Å². The Labute approximate surface area is 162 Å². The Balaban J connectivity index is 1.65. The Bertz CT molecular complexity index is 975. The van der Waals surface area contributed by atoms with Gasteiger partial charge in [0.15, 0.2) is 5.82 Å². The van der Waals surface area contributed by atoms with E-state index in [1.807, 2.05) is 12.1 Å². The lowest BCUT2D eigenvalue weighted by atomic mass is 10.1. The molecule has 7 heteroatoms. The highest BCUT2D eigenvalue weighted by atomic mass is 32.2. The van der Waals surface area contributed by atoms with Crippen molar-refractivity contribution in [1.29, 1.82) is 5.26 Å². The number of benzene rings is 2. The smallest absolute Gasteiger partial charge is 0.237 e. The quantitative estimate of drug-likeness (QED) is 0.633. The zero-order valence-corrected chi connectivity index (χ0v) is 15.9. The monoisotopic (exact) mass is 377 g/mol. The fourth-order valence-electron chi connectivity index (χ4n) is 2.46. The first kappa shape index (κ1) is 18.7. The summed E-state index contributed by atoms with van der Waals surface area (Å²) in [5.41, 5.74) is 3.14. The number of aryl methyl sites for hydroxylation is 1. The molecule has 1 heterocycles. The second-order valence-corrected chi connectivity index (χ2v) is 7.23. The van der Waals surface area contributed by atoms with Crippen LogP contribution in [-0.4, -0.2) is 26.3 Å². The number of nitrogens with zero attached hydrogens (tertiary/aromatic N) is 3. The van der Waals surface area contributed by atoms with Crippen molar-refractivity contribution in [2.24, 2.45) is 0 Å². The Morgan fingerprint density at radius 3 is 2.70 bits per heavy atom. The Morgan fingerprint density at radius 1 is 1.26 bits per heavy atom. The minimum atomic E-state index is -0.414. The van der Waals surface area contributed by atoms with Crippen LogP contribution in [0.15, 0.2) is 53.7 Å². The van der Waals surface area contributed by atoms with Crippen LogP contribution in [0.25, 0.3) is 11.4 Å². The molecule has 0 aliphatic heterocycles. The van der Waals surface area contributed by atoms with E-state index >= 15 is 0 Å². The lowest BCUT2D eigenvalue weighted by molar-refractivity contribution is -0.115. The van der Waals surface area contributed by atoms with Gasteiger partial charge in [-0.2, -0.15) is 5.26 Å². The number of aromatic amines is 1. The molecule has 0 unspecified atom stereocenters. The number of H-pyrrole nitrogens is 1. The predicted octanol–water partition coefficient (Wildman–Crippen LogP) is 4.03. The van der Waals surface area contributed by atoms with E-state index < -0.39 is 5.25 Å². The molecule has 3 rings (SSSR count). The summed E-state index contributed by atoms with van der Waals surface area (Å²) >= 11 is 1.26. The van der Waals surface area contributed by atoms with E-state index in [1.165, 1.54) is 17.3 Å². The fraction of sp³-hybridized carbons (Fsp3) is 0.200. The number of carbonyl (C=O) groups excluding carboxylic acids is 1. The van der Waals surface area contributed by atoms with Gasteiger partial charge in [0.2, 0.25) is 11.1 Å². The maximum Gasteiger partial charge on any atom is 0.237 e. The summed E-state index contributed by atoms with van der Waals surface area (Å²) in [6, 6.07) is 17.1. The number of thioether (sulfide) groups is 1. The van der Waals surface area contributed by atoms with Crippen molar-refractivity contribution in [3.05, 3.63) is 59.7 Å². The van der Waals surface area contributed by atoms with Crippen LogP contribution >= 0.6 is 11.8 Å². The highest BCUT2D eigenvalue weighted by Gasteiger charge is 2.18. The molecule has 2 aromatic carbocycles. The van der Waals surface area contributed by atoms with E-state index in [4.69, 9.17) is 5.26 Å². The molecule has 1 amide bonds. The van der Waals surface area contributed by atoms with Gasteiger partial charge in [-0.1, -0.05) is 55.1 Å². The van der Waals surface area contributed by atoms with E-state index in [0.717, 1.165) is 12.0 Å². The number of aromatic nitrogens is 3. The third-order valence-corrected chi connectivity index (χ3v) is 5.02. The first-order valence-electron chi connectivity index (χ1n) is 8.59. The molecule has 136 valence electrons. The van der Waals surface area contributed by atoms with Gasteiger partial charge < -0.3 is 5.32 Å². The van der Waals surface area contributed by atoms with Crippen molar-refractivity contribution < 1.29 is 4.79 Å². The molecule has 2 N–H and O–H groups in total. The lowest BCUT2D eigenvalue weighted by Crippen LogP contribution is -2.23. The molecule has 6 nitrogen and oxygen atoms in total. The third-order valence-electron chi connectivity index (χ3n) is 4.06. The van der Waals surface area contributed by atoms with E-state index in [2.05, 4.69) is 45.6 Å². The minimum Gasteiger partial charge on any atom is -0.324 e. The van der Waals surface area contributed by atoms with Gasteiger partial charge in [0.25, 0.3) is 0 Å². The fourth-order valence-corrected chi connectivity index (χ4v) is 3.19. The molecule has 27 heavy (non-hydrogen) atoms. The number of para-hydroxylation sites is 1. The first-order chi connectivity index (χ1) is 13.1. The second-order valence-electron chi connectivity index (χ2n) is 5.92. The van der Waals surface area contributed by atoms with Crippen LogP contribution in [0.2, 0.25) is 0 Å². The molecule has 0 fully saturated rings. The number of hydrogen-bond donors (Lipinski definition) is 2. The SMILES string of the molecule is CCc1ccc(-c2nc(S[C@H](C)C(=O)Nc3ccccc3C#N)n[nH]2)cc1. The largest absolute Gasteiger partial charge is 0.324 e. The number of nitrogens with one attached hydrogen (secondary N) is 2. The minimum absolute atomic E-state index is 0.207. The normalized spacial score (nSPS) is 11.6. The summed E-state index contributed by atoms with van der Waals surface area (Å²) in [4.78, 5) is 16.9. The molecule has 0 bridgehead atoms. The third kappa shape index (κ3) is 4.54. The lowest BCUT2D eigenvalue weighted by Gasteiger charge is -2.11. The average molecular weight is 377 g/mol. The van der Waals surface area contributed by atoms with Gasteiger partial charge in [0.05, 0.1) is 16.5 Å². The molecule has 0 aliphatic rings. The zero-order chi connectivity index (χ0) is 19.2. The van der Waals surface area contributed by atoms with E-state index in [-0.39, 0.29) is 5.91 Å². The van der Waals surface area contributed by atoms with Crippen LogP contribution in [0.4, 0.5) is 5.69 Å². The number of amides is 1. The molecule has 0 radical (unpaired) electrons. The molecule has 0 saturated heterocycles. The molecule has 0 saturated carbocycles. The molecule has 0 aliphatic carbocycles. The zero-order valence-electron chi connectivity index (χ0n) is 15.1. The average Bonchev–Trinajstić information content (AvgIpc) is 3.16. The van der Waals surface area contributed by atoms with Gasteiger partial charge in [-0.15, -0.1) is 5.10 Å². The summed E-state index contributed by atoms with van der Waals surface area (Å²) in [6.07, 6.45) is 0.985. The molecule has 3 aromatic rings. The van der Waals surface area contributed by atoms with E-state index in [9.17, 15) is 4.79 Å². The summed E-state index contributed by atoms with van der Waals surface area (Å²) in [5, 5.41) is 19.1. The van der Waals surface area contributed by atoms with Crippen molar-refractivity contribution >= 4 is 23.4 Å². The molecule has 0 spiro atoms. The van der Waals surface area contributed by atoms with Crippen LogP contribution in [-0.2, 0) is 11.2 Å². The number of nitriles is 1. The maximum atomic E-state index is 12.4. The van der Waals surface area contributed by atoms with Crippen LogP contribution in [0.3, 0.4) is 0 Å². The van der Waals surface area contributed by atoms with Crippen molar-refractivity contribution in [3.63, 3.8) is 0 Å². The highest BCUT2D eigenvalue weighted by Crippen LogP contribution is 2.24. The van der Waals surface area contributed by atoms with Crippen molar-refractivity contribution in [2.45, 2.75) is 30.7 Å². The predicted molar refractivity (Wildman–Crippen MR) is 106 cm³/mol. The van der Waals surface area contributed by atoms with Crippen molar-refractivity contribution in [3.8, 4) is 17.5 Å². The number of carbonyl (C=O) groups is 1. The molecule has 1 aromatic heterocycles. The van der Waals surface area contributed by atoms with Gasteiger partial charge in [-0.05, 0) is 31.0 Å². The summed E-state index contributed by atoms with van der Waals surface area (Å²) in [6.45, 7) is 3.89. The number of rotatable bonds is 6. The van der Waals surface area contributed by atoms with Crippen LogP contribution in [0, 0.1) is 11.3 Å². The van der Waals surface area contributed by atoms with E-state index in [1.54, 1.807) is 31.2 Å². The molecule has 1 atom stereocenters. The molecular formula is C20H19N5OS. The number of hydrogen-bond acceptors (Lipinski definition) is 5. The second kappa shape index (κ2) is 8.52. The van der Waals surface area contributed by atoms with Crippen molar-refractivity contribution in [2.75, 3.05) is 5.32 Å². The van der Waals surface area contributed by atoms with Gasteiger partial charge >= 0.3 is 0 Å². The summed E-state index contributed by atoms with van der Waals surface area (Å²) in [5.74, 6) is 0.462. The maximum absolute atomic E-state index is 12.4. The Hall–Kier alpha value is -3.11. The van der Waals surface area contributed by atoms with Gasteiger partial charge in [-0.25, -0.2) is 4.98 Å². The van der Waals surface area contributed by atoms with Crippen LogP contribution < -0.4 is 5.32 Å². The summed E-state index contributed by atoms with van der Waals surface area (Å²) < 4.78 is 0. The molecular weight excluding hydrogens is 358 g/mol. The topological polar surface area (TPSA) is 94.5 Å². The standard InChI is InChI=1S/C20H19N5OS/c1-3-14-8-10-15(11-9-14)18-23-20(25-24-18)27-13(2)19(26)22-17-7-5-4-6-16(17)12-21/h4-11,13H,3H2,1-2H3,(H,22,26)(H,23,24,25)/t13-/m1/s1. The highest BCUT2D eigenvalue weighted by molar-refractivity contribution is 8.00. The Kier molecular flexibility index (Phi) is 5.89.